The van der Waals surface area contributed by atoms with Gasteiger partial charge in [-0.2, -0.15) is 0 Å². The maximum Gasteiger partial charge on any atom is 0.224 e. The molecule has 150 valence electrons. The summed E-state index contributed by atoms with van der Waals surface area (Å²) in [5, 5.41) is 7.13. The first-order valence-corrected chi connectivity index (χ1v) is 10.7. The van der Waals surface area contributed by atoms with Crippen LogP contribution in [0.5, 0.6) is 5.75 Å². The Hall–Kier alpha value is -2.73. The van der Waals surface area contributed by atoms with Gasteiger partial charge in [0.15, 0.2) is 0 Å². The molecule has 1 aliphatic heterocycles. The number of carbonyl (C=O) groups is 1. The van der Waals surface area contributed by atoms with Crippen LogP contribution in [0.25, 0.3) is 0 Å². The van der Waals surface area contributed by atoms with E-state index in [0.717, 1.165) is 40.5 Å². The zero-order chi connectivity index (χ0) is 20.2. The zero-order valence-corrected chi connectivity index (χ0v) is 17.4. The van der Waals surface area contributed by atoms with Crippen molar-refractivity contribution in [3.63, 3.8) is 0 Å². The van der Waals surface area contributed by atoms with E-state index in [0.29, 0.717) is 13.0 Å². The molecule has 0 radical (unpaired) electrons. The highest BCUT2D eigenvalue weighted by atomic mass is 32.2. The van der Waals surface area contributed by atoms with E-state index in [4.69, 9.17) is 9.26 Å². The van der Waals surface area contributed by atoms with Crippen molar-refractivity contribution in [1.29, 1.82) is 0 Å². The second kappa shape index (κ2) is 8.74. The van der Waals surface area contributed by atoms with Crippen molar-refractivity contribution in [1.82, 2.24) is 10.5 Å². The number of rotatable bonds is 6. The summed E-state index contributed by atoms with van der Waals surface area (Å²) < 4.78 is 11.0. The fourth-order valence-corrected chi connectivity index (χ4v) is 4.61. The summed E-state index contributed by atoms with van der Waals surface area (Å²) >= 11 is 1.86. The molecule has 1 unspecified atom stereocenters. The first kappa shape index (κ1) is 19.6. The molecule has 29 heavy (non-hydrogen) atoms. The molecule has 3 aromatic rings. The van der Waals surface area contributed by atoms with Gasteiger partial charge in [-0.1, -0.05) is 35.5 Å². The second-order valence-electron chi connectivity index (χ2n) is 7.21. The largest absolute Gasteiger partial charge is 0.489 e. The molecular weight excluding hydrogens is 384 g/mol. The number of aromatic nitrogens is 1. The van der Waals surface area contributed by atoms with Crippen LogP contribution in [0.3, 0.4) is 0 Å². The Balaban J connectivity index is 1.33. The van der Waals surface area contributed by atoms with Crippen molar-refractivity contribution in [2.45, 2.75) is 44.2 Å². The van der Waals surface area contributed by atoms with Crippen LogP contribution in [-0.2, 0) is 17.8 Å². The second-order valence-corrected chi connectivity index (χ2v) is 8.34. The van der Waals surface area contributed by atoms with E-state index < -0.39 is 0 Å². The van der Waals surface area contributed by atoms with Crippen molar-refractivity contribution in [2.75, 3.05) is 5.75 Å². The van der Waals surface area contributed by atoms with Gasteiger partial charge in [-0.05, 0) is 49.6 Å². The third-order valence-electron chi connectivity index (χ3n) is 5.15. The summed E-state index contributed by atoms with van der Waals surface area (Å²) in [5.74, 6) is 2.60. The Morgan fingerprint density at radius 1 is 1.21 bits per heavy atom. The normalized spacial score (nSPS) is 15.6. The van der Waals surface area contributed by atoms with Gasteiger partial charge in [0.25, 0.3) is 0 Å². The van der Waals surface area contributed by atoms with Gasteiger partial charge in [0.05, 0.1) is 23.7 Å². The first-order chi connectivity index (χ1) is 14.1. The SMILES string of the molecule is Cc1noc(C)c1COc1ccc(CC(=O)NC2CCSc3ccccc32)cc1. The fourth-order valence-electron chi connectivity index (χ4n) is 3.49. The fraction of sp³-hybridized carbons (Fsp3) is 0.304. The van der Waals surface area contributed by atoms with Crippen LogP contribution in [0.15, 0.2) is 57.9 Å². The molecule has 1 atom stereocenters. The number of thioether (sulfide) groups is 1. The van der Waals surface area contributed by atoms with Gasteiger partial charge < -0.3 is 14.6 Å². The first-order valence-electron chi connectivity index (χ1n) is 9.75. The molecule has 4 rings (SSSR count). The lowest BCUT2D eigenvalue weighted by atomic mass is 10.0. The smallest absolute Gasteiger partial charge is 0.224 e. The lowest BCUT2D eigenvalue weighted by Crippen LogP contribution is -2.31. The van der Waals surface area contributed by atoms with Crippen molar-refractivity contribution in [2.24, 2.45) is 0 Å². The third kappa shape index (κ3) is 4.65. The number of ether oxygens (including phenoxy) is 1. The summed E-state index contributed by atoms with van der Waals surface area (Å²) in [4.78, 5) is 13.8. The predicted molar refractivity (Wildman–Crippen MR) is 113 cm³/mol. The molecule has 0 aliphatic carbocycles. The van der Waals surface area contributed by atoms with Gasteiger partial charge in [0, 0.05) is 10.6 Å². The molecule has 6 heteroatoms. The standard InChI is InChI=1S/C23H24N2O3S/c1-15-20(16(2)28-25-15)14-27-18-9-7-17(8-10-18)13-23(26)24-21-11-12-29-22-6-4-3-5-19(21)22/h3-10,21H,11-14H2,1-2H3,(H,24,26). The van der Waals surface area contributed by atoms with Gasteiger partial charge in [-0.15, -0.1) is 11.8 Å². The lowest BCUT2D eigenvalue weighted by molar-refractivity contribution is -0.121. The van der Waals surface area contributed by atoms with Crippen LogP contribution >= 0.6 is 11.8 Å². The quantitative estimate of drug-likeness (QED) is 0.637. The van der Waals surface area contributed by atoms with Crippen molar-refractivity contribution >= 4 is 17.7 Å². The van der Waals surface area contributed by atoms with Gasteiger partial charge in [-0.3, -0.25) is 4.79 Å². The van der Waals surface area contributed by atoms with Crippen molar-refractivity contribution in [3.05, 3.63) is 76.7 Å². The Labute approximate surface area is 174 Å². The number of hydrogen-bond acceptors (Lipinski definition) is 5. The molecule has 0 saturated heterocycles. The van der Waals surface area contributed by atoms with E-state index in [1.54, 1.807) is 0 Å². The Kier molecular flexibility index (Phi) is 5.90. The molecule has 0 bridgehead atoms. The number of amides is 1. The number of aryl methyl sites for hydroxylation is 2. The van der Waals surface area contributed by atoms with Gasteiger partial charge >= 0.3 is 0 Å². The summed E-state index contributed by atoms with van der Waals surface area (Å²) in [7, 11) is 0. The zero-order valence-electron chi connectivity index (χ0n) is 16.6. The molecule has 0 fully saturated rings. The number of fused-ring (bicyclic) bond motifs is 1. The molecule has 0 spiro atoms. The van der Waals surface area contributed by atoms with E-state index in [-0.39, 0.29) is 11.9 Å². The Bertz CT molecular complexity index is 978. The van der Waals surface area contributed by atoms with E-state index in [2.05, 4.69) is 22.6 Å². The minimum atomic E-state index is 0.0427. The molecule has 2 aromatic carbocycles. The minimum Gasteiger partial charge on any atom is -0.489 e. The van der Waals surface area contributed by atoms with Crippen LogP contribution in [0.2, 0.25) is 0 Å². The molecule has 1 amide bonds. The monoisotopic (exact) mass is 408 g/mol. The number of benzene rings is 2. The average molecular weight is 409 g/mol. The highest BCUT2D eigenvalue weighted by molar-refractivity contribution is 7.99. The highest BCUT2D eigenvalue weighted by Crippen LogP contribution is 2.35. The molecule has 2 heterocycles. The number of nitrogens with one attached hydrogen (secondary N) is 1. The van der Waals surface area contributed by atoms with E-state index in [9.17, 15) is 4.79 Å². The van der Waals surface area contributed by atoms with Crippen molar-refractivity contribution in [3.8, 4) is 5.75 Å². The summed E-state index contributed by atoms with van der Waals surface area (Å²) in [6.07, 6.45) is 1.32. The van der Waals surface area contributed by atoms with Crippen molar-refractivity contribution < 1.29 is 14.1 Å². The number of nitrogens with zero attached hydrogens (tertiary/aromatic N) is 1. The van der Waals surface area contributed by atoms with Crippen LogP contribution in [0.1, 0.15) is 40.6 Å². The summed E-state index contributed by atoms with van der Waals surface area (Å²) in [6, 6.07) is 16.1. The van der Waals surface area contributed by atoms with Crippen LogP contribution in [0, 0.1) is 13.8 Å². The predicted octanol–water partition coefficient (Wildman–Crippen LogP) is 4.77. The van der Waals surface area contributed by atoms with E-state index in [1.807, 2.05) is 62.0 Å². The van der Waals surface area contributed by atoms with E-state index >= 15 is 0 Å². The summed E-state index contributed by atoms with van der Waals surface area (Å²) in [6.45, 7) is 4.20. The molecule has 1 aliphatic rings. The molecular formula is C23H24N2O3S. The van der Waals surface area contributed by atoms with Crippen LogP contribution in [0.4, 0.5) is 0 Å². The molecule has 0 saturated carbocycles. The maximum atomic E-state index is 12.6. The molecule has 1 aromatic heterocycles. The Morgan fingerprint density at radius 2 is 2.00 bits per heavy atom. The van der Waals surface area contributed by atoms with Gasteiger partial charge in [0.2, 0.25) is 5.91 Å². The van der Waals surface area contributed by atoms with Gasteiger partial charge in [0.1, 0.15) is 18.1 Å². The minimum absolute atomic E-state index is 0.0427. The van der Waals surface area contributed by atoms with Crippen LogP contribution in [-0.4, -0.2) is 16.8 Å². The van der Waals surface area contributed by atoms with E-state index in [1.165, 1.54) is 10.5 Å². The lowest BCUT2D eigenvalue weighted by Gasteiger charge is -2.25. The molecule has 1 N–H and O–H groups in total. The number of hydrogen-bond donors (Lipinski definition) is 1. The van der Waals surface area contributed by atoms with Crippen LogP contribution < -0.4 is 10.1 Å². The average Bonchev–Trinajstić information content (AvgIpc) is 3.05. The third-order valence-corrected chi connectivity index (χ3v) is 6.27. The van der Waals surface area contributed by atoms with Gasteiger partial charge in [-0.25, -0.2) is 0 Å². The molecule has 5 nitrogen and oxygen atoms in total. The maximum absolute atomic E-state index is 12.6. The summed E-state index contributed by atoms with van der Waals surface area (Å²) in [5.41, 5.74) is 4.00. The highest BCUT2D eigenvalue weighted by Gasteiger charge is 2.21. The Morgan fingerprint density at radius 3 is 2.76 bits per heavy atom. The number of carbonyl (C=O) groups excluding carboxylic acids is 1. The topological polar surface area (TPSA) is 64.4 Å².